The van der Waals surface area contributed by atoms with E-state index in [9.17, 15) is 24.6 Å². The molecule has 23 heavy (non-hydrogen) atoms. The highest BCUT2D eigenvalue weighted by molar-refractivity contribution is 6.23. The topological polar surface area (TPSA) is 139 Å². The zero-order valence-electron chi connectivity index (χ0n) is 12.3. The zero-order valence-corrected chi connectivity index (χ0v) is 12.3. The van der Waals surface area contributed by atoms with Crippen molar-refractivity contribution in [1.29, 1.82) is 0 Å². The Morgan fingerprint density at radius 1 is 1.17 bits per heavy atom. The van der Waals surface area contributed by atoms with Crippen molar-refractivity contribution >= 4 is 29.1 Å². The Morgan fingerprint density at radius 3 is 2.39 bits per heavy atom. The number of ether oxygens (including phenoxy) is 1. The number of hydrogen-bond donors (Lipinski definition) is 4. The Balaban J connectivity index is 2.48. The molecule has 8 heteroatoms. The van der Waals surface area contributed by atoms with Gasteiger partial charge in [0.05, 0.1) is 5.69 Å². The first-order chi connectivity index (χ1) is 10.7. The number of Topliss-reactive ketones (excluding diaryl/α,β-unsaturated/α-hetero) is 1. The summed E-state index contributed by atoms with van der Waals surface area (Å²) in [6.45, 7) is 2.52. The number of hydrogen-bond acceptors (Lipinski definition) is 8. The Labute approximate surface area is 130 Å². The number of anilines is 2. The molecule has 0 aliphatic carbocycles. The van der Waals surface area contributed by atoms with Crippen molar-refractivity contribution in [2.75, 3.05) is 11.1 Å². The lowest BCUT2D eigenvalue weighted by Crippen LogP contribution is -2.29. The normalized spacial score (nSPS) is 17.0. The third-order valence-corrected chi connectivity index (χ3v) is 3.15. The smallest absolute Gasteiger partial charge is 0.353 e. The lowest BCUT2D eigenvalue weighted by molar-refractivity contribution is -0.155. The van der Waals surface area contributed by atoms with Crippen LogP contribution in [0.25, 0.3) is 0 Å². The quantitative estimate of drug-likeness (QED) is 0.124. The van der Waals surface area contributed by atoms with E-state index < -0.39 is 29.1 Å². The molecule has 8 nitrogen and oxygen atoms in total. The van der Waals surface area contributed by atoms with Crippen molar-refractivity contribution in [3.8, 4) is 5.75 Å². The third-order valence-electron chi connectivity index (χ3n) is 3.15. The van der Waals surface area contributed by atoms with Gasteiger partial charge in [-0.25, -0.2) is 9.59 Å². The van der Waals surface area contributed by atoms with E-state index in [-0.39, 0.29) is 22.7 Å². The minimum absolute atomic E-state index is 0.106. The van der Waals surface area contributed by atoms with Gasteiger partial charge < -0.3 is 26.0 Å². The van der Waals surface area contributed by atoms with Gasteiger partial charge in [0.15, 0.2) is 5.78 Å². The van der Waals surface area contributed by atoms with Crippen molar-refractivity contribution in [3.05, 3.63) is 40.8 Å². The molecule has 0 atom stereocenters. The number of cyclic esters (lactones) is 2. The van der Waals surface area contributed by atoms with Crippen LogP contribution in [0, 0.1) is 0 Å². The third kappa shape index (κ3) is 3.00. The maximum atomic E-state index is 11.8. The van der Waals surface area contributed by atoms with Gasteiger partial charge in [-0.2, -0.15) is 0 Å². The van der Waals surface area contributed by atoms with Crippen LogP contribution in [-0.4, -0.2) is 27.9 Å². The highest BCUT2D eigenvalue weighted by Gasteiger charge is 2.36. The van der Waals surface area contributed by atoms with E-state index in [0.717, 1.165) is 6.92 Å². The number of aromatic hydroxyl groups is 1. The summed E-state index contributed by atoms with van der Waals surface area (Å²) in [5.74, 6) is -3.83. The summed E-state index contributed by atoms with van der Waals surface area (Å²) in [5, 5.41) is 22.2. The Kier molecular flexibility index (Phi) is 4.08. The number of allylic oxidation sites excluding steroid dienone is 1. The number of esters is 2. The number of phenolic OH excluding ortho intramolecular Hbond substituents is 1. The largest absolute Gasteiger partial charge is 0.506 e. The first kappa shape index (κ1) is 16.1. The molecule has 1 heterocycles. The molecule has 0 aromatic heterocycles. The summed E-state index contributed by atoms with van der Waals surface area (Å²) < 4.78 is 4.47. The molecule has 1 aliphatic heterocycles. The standard InChI is InChI=1S/C15H14N2O6/c1-6(17-8-3-4-10(19)9(16)5-8)11-13(20)12(7(2)18)15(22)23-14(11)21/h3-5,17,19-20H,16H2,1-2H3. The maximum absolute atomic E-state index is 11.8. The number of aliphatic hydroxyl groups is 1. The molecule has 1 aromatic rings. The van der Waals surface area contributed by atoms with Crippen LogP contribution in [0.1, 0.15) is 13.8 Å². The van der Waals surface area contributed by atoms with Crippen LogP contribution in [-0.2, 0) is 19.1 Å². The number of rotatable bonds is 3. The molecule has 0 saturated heterocycles. The summed E-state index contributed by atoms with van der Waals surface area (Å²) >= 11 is 0. The lowest BCUT2D eigenvalue weighted by Gasteiger charge is -2.18. The number of aliphatic hydroxyl groups excluding tert-OH is 1. The van der Waals surface area contributed by atoms with Crippen molar-refractivity contribution in [2.24, 2.45) is 0 Å². The summed E-state index contributed by atoms with van der Waals surface area (Å²) in [4.78, 5) is 34.7. The van der Waals surface area contributed by atoms with Gasteiger partial charge in [0.25, 0.3) is 0 Å². The number of nitrogens with two attached hydrogens (primary N) is 1. The van der Waals surface area contributed by atoms with E-state index in [1.807, 2.05) is 0 Å². The predicted octanol–water partition coefficient (Wildman–Crippen LogP) is 1.14. The molecule has 0 amide bonds. The van der Waals surface area contributed by atoms with Crippen LogP contribution in [0.5, 0.6) is 5.75 Å². The van der Waals surface area contributed by atoms with Crippen LogP contribution in [0.4, 0.5) is 11.4 Å². The zero-order chi connectivity index (χ0) is 17.3. The van der Waals surface area contributed by atoms with Crippen molar-refractivity contribution < 1.29 is 29.3 Å². The molecule has 5 N–H and O–H groups in total. The molecule has 0 radical (unpaired) electrons. The fourth-order valence-electron chi connectivity index (χ4n) is 2.06. The van der Waals surface area contributed by atoms with Gasteiger partial charge >= 0.3 is 11.9 Å². The minimum atomic E-state index is -1.19. The molecule has 0 saturated carbocycles. The number of nitrogens with one attached hydrogen (secondary N) is 1. The van der Waals surface area contributed by atoms with E-state index in [1.165, 1.54) is 25.1 Å². The van der Waals surface area contributed by atoms with Crippen LogP contribution in [0.3, 0.4) is 0 Å². The molecule has 0 bridgehead atoms. The Morgan fingerprint density at radius 2 is 1.83 bits per heavy atom. The van der Waals surface area contributed by atoms with E-state index in [4.69, 9.17) is 5.73 Å². The highest BCUT2D eigenvalue weighted by Crippen LogP contribution is 2.28. The monoisotopic (exact) mass is 318 g/mol. The van der Waals surface area contributed by atoms with Gasteiger partial charge in [0, 0.05) is 11.4 Å². The van der Waals surface area contributed by atoms with Crippen LogP contribution < -0.4 is 11.1 Å². The summed E-state index contributed by atoms with van der Waals surface area (Å²) in [7, 11) is 0. The van der Waals surface area contributed by atoms with Gasteiger partial charge in [-0.1, -0.05) is 0 Å². The van der Waals surface area contributed by atoms with E-state index >= 15 is 0 Å². The van der Waals surface area contributed by atoms with E-state index in [2.05, 4.69) is 10.1 Å². The first-order valence-electron chi connectivity index (χ1n) is 6.49. The molecule has 0 spiro atoms. The van der Waals surface area contributed by atoms with Gasteiger partial charge in [-0.3, -0.25) is 4.79 Å². The minimum Gasteiger partial charge on any atom is -0.506 e. The maximum Gasteiger partial charge on any atom is 0.353 e. The first-order valence-corrected chi connectivity index (χ1v) is 6.49. The number of ketones is 1. The van der Waals surface area contributed by atoms with Gasteiger partial charge in [0.2, 0.25) is 0 Å². The van der Waals surface area contributed by atoms with Crippen molar-refractivity contribution in [3.63, 3.8) is 0 Å². The van der Waals surface area contributed by atoms with Gasteiger partial charge in [0.1, 0.15) is 22.7 Å². The number of nitrogen functional groups attached to an aromatic ring is 1. The summed E-state index contributed by atoms with van der Waals surface area (Å²) in [6, 6.07) is 4.24. The van der Waals surface area contributed by atoms with E-state index in [1.54, 1.807) is 0 Å². The fraction of sp³-hybridized carbons (Fsp3) is 0.133. The highest BCUT2D eigenvalue weighted by atomic mass is 16.6. The molecular formula is C15H14N2O6. The average Bonchev–Trinajstić information content (AvgIpc) is 2.41. The molecule has 2 rings (SSSR count). The molecule has 1 aliphatic rings. The van der Waals surface area contributed by atoms with E-state index in [0.29, 0.717) is 5.69 Å². The Hall–Kier alpha value is -3.29. The lowest BCUT2D eigenvalue weighted by atomic mass is 10.0. The SMILES string of the molecule is CC(=O)C1=C(O)C(=C(C)Nc2ccc(O)c(N)c2)C(=O)OC1=O. The molecule has 120 valence electrons. The number of carbonyl (C=O) groups is 3. The Bertz CT molecular complexity index is 791. The van der Waals surface area contributed by atoms with Gasteiger partial charge in [-0.15, -0.1) is 0 Å². The molecule has 0 unspecified atom stereocenters. The fourth-order valence-corrected chi connectivity index (χ4v) is 2.06. The average molecular weight is 318 g/mol. The summed E-state index contributed by atoms with van der Waals surface area (Å²) in [5.41, 5.74) is 5.32. The number of benzene rings is 1. The van der Waals surface area contributed by atoms with Crippen molar-refractivity contribution in [1.82, 2.24) is 0 Å². The van der Waals surface area contributed by atoms with Crippen LogP contribution in [0.2, 0.25) is 0 Å². The second kappa shape index (κ2) is 5.84. The number of phenols is 1. The second-order valence-electron chi connectivity index (χ2n) is 4.86. The second-order valence-corrected chi connectivity index (χ2v) is 4.86. The van der Waals surface area contributed by atoms with Crippen LogP contribution in [0.15, 0.2) is 40.8 Å². The summed E-state index contributed by atoms with van der Waals surface area (Å²) in [6.07, 6.45) is 0. The molecule has 1 aromatic carbocycles. The number of carbonyl (C=O) groups excluding carboxylic acids is 3. The van der Waals surface area contributed by atoms with Crippen LogP contribution >= 0.6 is 0 Å². The molecule has 0 fully saturated rings. The van der Waals surface area contributed by atoms with Crippen molar-refractivity contribution in [2.45, 2.75) is 13.8 Å². The molecular weight excluding hydrogens is 304 g/mol. The van der Waals surface area contributed by atoms with Gasteiger partial charge in [-0.05, 0) is 32.0 Å². The predicted molar refractivity (Wildman–Crippen MR) is 80.3 cm³/mol.